The molecule has 4 nitrogen and oxygen atoms in total. The maximum atomic E-state index is 5.45. The van der Waals surface area contributed by atoms with Crippen molar-refractivity contribution in [2.24, 2.45) is 0 Å². The third kappa shape index (κ3) is 3.46. The summed E-state index contributed by atoms with van der Waals surface area (Å²) in [6.07, 6.45) is 3.66. The Morgan fingerprint density at radius 3 is 3.00 bits per heavy atom. The number of likely N-dealkylation sites (N-methyl/N-ethyl adjacent to an activating group) is 1. The van der Waals surface area contributed by atoms with Crippen LogP contribution < -0.4 is 10.2 Å². The van der Waals surface area contributed by atoms with E-state index in [9.17, 15) is 0 Å². The van der Waals surface area contributed by atoms with Crippen LogP contribution in [-0.4, -0.2) is 38.3 Å². The lowest BCUT2D eigenvalue weighted by Crippen LogP contribution is -2.27. The second-order valence-electron chi connectivity index (χ2n) is 4.81. The summed E-state index contributed by atoms with van der Waals surface area (Å²) in [4.78, 5) is 8.67. The third-order valence-corrected chi connectivity index (χ3v) is 4.85. The van der Waals surface area contributed by atoms with Crippen LogP contribution in [0, 0.1) is 0 Å². The molecule has 0 fully saturated rings. The maximum Gasteiger partial charge on any atom is 0.185 e. The zero-order valence-corrected chi connectivity index (χ0v) is 13.1. The Kier molecular flexibility index (Phi) is 5.60. The SMILES string of the molecule is CCOCCN(CC)c1nc2c(s1)CCCC2NC. The van der Waals surface area contributed by atoms with E-state index in [0.29, 0.717) is 6.04 Å². The molecule has 1 aliphatic rings. The van der Waals surface area contributed by atoms with Crippen LogP contribution in [0.4, 0.5) is 5.13 Å². The van der Waals surface area contributed by atoms with E-state index in [1.54, 1.807) is 0 Å². The van der Waals surface area contributed by atoms with E-state index >= 15 is 0 Å². The highest BCUT2D eigenvalue weighted by molar-refractivity contribution is 7.15. The average molecular weight is 283 g/mol. The number of anilines is 1. The van der Waals surface area contributed by atoms with Crippen LogP contribution in [0.5, 0.6) is 0 Å². The van der Waals surface area contributed by atoms with Crippen molar-refractivity contribution in [2.45, 2.75) is 39.2 Å². The molecule has 5 heteroatoms. The van der Waals surface area contributed by atoms with Crippen LogP contribution in [0.25, 0.3) is 0 Å². The molecular formula is C14H25N3OS. The number of thiazole rings is 1. The van der Waals surface area contributed by atoms with Crippen molar-refractivity contribution in [2.75, 3.05) is 38.3 Å². The molecule has 1 N–H and O–H groups in total. The molecule has 1 aromatic heterocycles. The molecule has 108 valence electrons. The van der Waals surface area contributed by atoms with Gasteiger partial charge in [-0.25, -0.2) is 4.98 Å². The molecule has 0 saturated heterocycles. The molecule has 1 atom stereocenters. The molecule has 2 rings (SSSR count). The summed E-state index contributed by atoms with van der Waals surface area (Å²) in [7, 11) is 2.03. The number of ether oxygens (including phenoxy) is 1. The van der Waals surface area contributed by atoms with E-state index in [1.807, 2.05) is 25.3 Å². The molecule has 1 aliphatic carbocycles. The second kappa shape index (κ2) is 7.22. The van der Waals surface area contributed by atoms with Crippen LogP contribution in [0.15, 0.2) is 0 Å². The molecule has 0 amide bonds. The normalized spacial score (nSPS) is 18.4. The lowest BCUT2D eigenvalue weighted by Gasteiger charge is -2.20. The molecule has 0 bridgehead atoms. The molecule has 1 aromatic rings. The Morgan fingerprint density at radius 1 is 1.47 bits per heavy atom. The minimum Gasteiger partial charge on any atom is -0.380 e. The van der Waals surface area contributed by atoms with Crippen molar-refractivity contribution in [3.05, 3.63) is 10.6 Å². The Labute approximate surface area is 120 Å². The standard InChI is InChI=1S/C14H25N3OS/c1-4-17(9-10-18-5-2)14-16-13-11(15-3)7-6-8-12(13)19-14/h11,15H,4-10H2,1-3H3. The van der Waals surface area contributed by atoms with Crippen molar-refractivity contribution in [1.82, 2.24) is 10.3 Å². The molecule has 1 unspecified atom stereocenters. The predicted octanol–water partition coefficient (Wildman–Crippen LogP) is 2.60. The Balaban J connectivity index is 2.09. The molecule has 0 aromatic carbocycles. The molecule has 0 radical (unpaired) electrons. The fourth-order valence-corrected chi connectivity index (χ4v) is 3.78. The number of hydrogen-bond acceptors (Lipinski definition) is 5. The average Bonchev–Trinajstić information content (AvgIpc) is 2.87. The number of nitrogens with one attached hydrogen (secondary N) is 1. The summed E-state index contributed by atoms with van der Waals surface area (Å²) >= 11 is 1.86. The summed E-state index contributed by atoms with van der Waals surface area (Å²) in [5.74, 6) is 0. The van der Waals surface area contributed by atoms with E-state index in [1.165, 1.54) is 29.8 Å². The monoisotopic (exact) mass is 283 g/mol. The van der Waals surface area contributed by atoms with Gasteiger partial charge in [0.15, 0.2) is 5.13 Å². The molecule has 0 saturated carbocycles. The Hall–Kier alpha value is -0.650. The fraction of sp³-hybridized carbons (Fsp3) is 0.786. The summed E-state index contributed by atoms with van der Waals surface area (Å²) in [5.41, 5.74) is 1.28. The van der Waals surface area contributed by atoms with E-state index in [0.717, 1.165) is 31.4 Å². The van der Waals surface area contributed by atoms with Gasteiger partial charge in [0.05, 0.1) is 18.3 Å². The zero-order valence-electron chi connectivity index (χ0n) is 12.2. The Bertz CT molecular complexity index is 394. The van der Waals surface area contributed by atoms with Gasteiger partial charge in [-0.3, -0.25) is 0 Å². The first-order valence-corrected chi connectivity index (χ1v) is 8.11. The molecule has 0 spiro atoms. The first-order chi connectivity index (χ1) is 9.30. The highest BCUT2D eigenvalue weighted by atomic mass is 32.1. The summed E-state index contributed by atoms with van der Waals surface area (Å²) in [5, 5.41) is 4.55. The summed E-state index contributed by atoms with van der Waals surface area (Å²) in [6.45, 7) is 7.71. The van der Waals surface area contributed by atoms with E-state index < -0.39 is 0 Å². The quantitative estimate of drug-likeness (QED) is 0.781. The molecule has 19 heavy (non-hydrogen) atoms. The summed E-state index contributed by atoms with van der Waals surface area (Å²) < 4.78 is 5.45. The van der Waals surface area contributed by atoms with Gasteiger partial charge in [0.1, 0.15) is 0 Å². The number of nitrogens with zero attached hydrogens (tertiary/aromatic N) is 2. The van der Waals surface area contributed by atoms with Crippen LogP contribution in [0.1, 0.15) is 43.3 Å². The van der Waals surface area contributed by atoms with Gasteiger partial charge < -0.3 is 15.0 Å². The molecule has 1 heterocycles. The van der Waals surface area contributed by atoms with Gasteiger partial charge in [0, 0.05) is 24.6 Å². The van der Waals surface area contributed by atoms with Crippen molar-refractivity contribution < 1.29 is 4.74 Å². The maximum absolute atomic E-state index is 5.45. The number of aromatic nitrogens is 1. The van der Waals surface area contributed by atoms with Gasteiger partial charge in [0.2, 0.25) is 0 Å². The van der Waals surface area contributed by atoms with Gasteiger partial charge in [-0.2, -0.15) is 0 Å². The first kappa shape index (κ1) is 14.8. The minimum atomic E-state index is 0.444. The number of fused-ring (bicyclic) bond motifs is 1. The lowest BCUT2D eigenvalue weighted by atomic mass is 9.98. The van der Waals surface area contributed by atoms with Crippen molar-refractivity contribution >= 4 is 16.5 Å². The van der Waals surface area contributed by atoms with Crippen LogP contribution in [0.3, 0.4) is 0 Å². The van der Waals surface area contributed by atoms with Gasteiger partial charge in [-0.15, -0.1) is 11.3 Å². The second-order valence-corrected chi connectivity index (χ2v) is 5.88. The third-order valence-electron chi connectivity index (χ3n) is 3.65. The van der Waals surface area contributed by atoms with Crippen LogP contribution in [0.2, 0.25) is 0 Å². The highest BCUT2D eigenvalue weighted by Crippen LogP contribution is 2.36. The van der Waals surface area contributed by atoms with Gasteiger partial charge in [-0.05, 0) is 40.2 Å². The number of hydrogen-bond donors (Lipinski definition) is 1. The summed E-state index contributed by atoms with van der Waals surface area (Å²) in [6, 6.07) is 0.444. The predicted molar refractivity (Wildman–Crippen MR) is 81.2 cm³/mol. The highest BCUT2D eigenvalue weighted by Gasteiger charge is 2.24. The van der Waals surface area contributed by atoms with Gasteiger partial charge in [-0.1, -0.05) is 0 Å². The first-order valence-electron chi connectivity index (χ1n) is 7.29. The van der Waals surface area contributed by atoms with Gasteiger partial charge >= 0.3 is 0 Å². The zero-order chi connectivity index (χ0) is 13.7. The van der Waals surface area contributed by atoms with Crippen molar-refractivity contribution in [3.63, 3.8) is 0 Å². The van der Waals surface area contributed by atoms with E-state index in [-0.39, 0.29) is 0 Å². The topological polar surface area (TPSA) is 37.4 Å². The minimum absolute atomic E-state index is 0.444. The lowest BCUT2D eigenvalue weighted by molar-refractivity contribution is 0.154. The molecular weight excluding hydrogens is 258 g/mol. The van der Waals surface area contributed by atoms with Crippen molar-refractivity contribution in [1.29, 1.82) is 0 Å². The fourth-order valence-electron chi connectivity index (χ4n) is 2.53. The van der Waals surface area contributed by atoms with Crippen LogP contribution in [-0.2, 0) is 11.2 Å². The van der Waals surface area contributed by atoms with E-state index in [4.69, 9.17) is 9.72 Å². The Morgan fingerprint density at radius 2 is 2.32 bits per heavy atom. The van der Waals surface area contributed by atoms with Crippen LogP contribution >= 0.6 is 11.3 Å². The smallest absolute Gasteiger partial charge is 0.185 e. The molecule has 0 aliphatic heterocycles. The van der Waals surface area contributed by atoms with Gasteiger partial charge in [0.25, 0.3) is 0 Å². The number of aryl methyl sites for hydroxylation is 1. The largest absolute Gasteiger partial charge is 0.380 e. The van der Waals surface area contributed by atoms with Crippen molar-refractivity contribution in [3.8, 4) is 0 Å². The van der Waals surface area contributed by atoms with E-state index in [2.05, 4.69) is 17.1 Å². The number of rotatable bonds is 7.